The first-order chi connectivity index (χ1) is 14.3. The normalized spacial score (nSPS) is 19.4. The predicted molar refractivity (Wildman–Crippen MR) is 122 cm³/mol. The zero-order valence-corrected chi connectivity index (χ0v) is 16.2. The highest BCUT2D eigenvalue weighted by molar-refractivity contribution is 6.04. The quantitative estimate of drug-likeness (QED) is 0.466. The van der Waals surface area contributed by atoms with Crippen molar-refractivity contribution in [2.45, 2.75) is 27.7 Å². The summed E-state index contributed by atoms with van der Waals surface area (Å²) in [7, 11) is 0. The van der Waals surface area contributed by atoms with Gasteiger partial charge >= 0.3 is 23.9 Å². The van der Waals surface area contributed by atoms with Crippen molar-refractivity contribution in [1.82, 2.24) is 0 Å². The smallest absolute Gasteiger partial charge is 0.338 e. The number of fused-ring (bicyclic) bond motifs is 2. The standard InChI is InChI=1S/C12H10O3.C8H8.C4H2O3.2CH4/c13-11-9-5-7-3-1-2-4-8(7)6-10(9)12(14)15-11;1-7-5-3-4-6-8(7)2;5-3-1-2-4(6)7-3;;/h1-4,9-10H,5-6H2;3-6H,1-2H2;1-2H;2*1H4. The first-order valence-corrected chi connectivity index (χ1v) is 9.34. The largest absolute Gasteiger partial charge is 0.393 e. The van der Waals surface area contributed by atoms with Crippen LogP contribution in [-0.4, -0.2) is 23.9 Å². The molecule has 2 aromatic rings. The summed E-state index contributed by atoms with van der Waals surface area (Å²) < 4.78 is 8.63. The van der Waals surface area contributed by atoms with Gasteiger partial charge in [0.05, 0.1) is 11.8 Å². The Morgan fingerprint density at radius 2 is 1.00 bits per heavy atom. The summed E-state index contributed by atoms with van der Waals surface area (Å²) in [6.07, 6.45) is 3.46. The first-order valence-electron chi connectivity index (χ1n) is 9.34. The number of rotatable bonds is 0. The molecule has 0 radical (unpaired) electrons. The van der Waals surface area contributed by atoms with E-state index in [9.17, 15) is 19.2 Å². The third kappa shape index (κ3) is 6.35. The molecule has 1 fully saturated rings. The molecule has 2 aliphatic heterocycles. The van der Waals surface area contributed by atoms with Crippen LogP contribution in [0.4, 0.5) is 0 Å². The summed E-state index contributed by atoms with van der Waals surface area (Å²) in [5.74, 6) is -2.34. The van der Waals surface area contributed by atoms with Gasteiger partial charge in [0, 0.05) is 12.2 Å². The maximum atomic E-state index is 11.4. The fraction of sp³-hybridized carbons (Fsp3) is 0.231. The molecule has 2 aromatic carbocycles. The molecule has 2 heterocycles. The van der Waals surface area contributed by atoms with E-state index in [-0.39, 0.29) is 38.6 Å². The Morgan fingerprint density at radius 3 is 1.31 bits per heavy atom. The second-order valence-corrected chi connectivity index (χ2v) is 6.97. The minimum Gasteiger partial charge on any atom is -0.393 e. The van der Waals surface area contributed by atoms with Crippen LogP contribution in [-0.2, 0) is 41.5 Å². The molecule has 2 atom stereocenters. The van der Waals surface area contributed by atoms with E-state index in [4.69, 9.17) is 0 Å². The van der Waals surface area contributed by atoms with Crippen LogP contribution in [0.25, 0.3) is 13.2 Å². The van der Waals surface area contributed by atoms with Gasteiger partial charge in [0.2, 0.25) is 0 Å². The monoisotopic (exact) mass is 436 g/mol. The van der Waals surface area contributed by atoms with Gasteiger partial charge in [-0.25, -0.2) is 9.59 Å². The van der Waals surface area contributed by atoms with Gasteiger partial charge in [-0.1, -0.05) is 76.5 Å². The summed E-state index contributed by atoms with van der Waals surface area (Å²) >= 11 is 0. The molecule has 6 nitrogen and oxygen atoms in total. The average molecular weight is 437 g/mol. The number of esters is 4. The van der Waals surface area contributed by atoms with Crippen molar-refractivity contribution in [1.29, 1.82) is 0 Å². The number of carbonyl (C=O) groups excluding carboxylic acids is 4. The van der Waals surface area contributed by atoms with E-state index in [0.29, 0.717) is 12.8 Å². The fourth-order valence-corrected chi connectivity index (χ4v) is 3.32. The fourth-order valence-electron chi connectivity index (χ4n) is 3.32. The molecule has 2 unspecified atom stereocenters. The molecular formula is C26H28O6. The topological polar surface area (TPSA) is 86.7 Å². The van der Waals surface area contributed by atoms with Crippen LogP contribution in [0.1, 0.15) is 26.0 Å². The van der Waals surface area contributed by atoms with E-state index in [1.165, 1.54) is 11.1 Å². The van der Waals surface area contributed by atoms with Crippen LogP contribution >= 0.6 is 0 Å². The van der Waals surface area contributed by atoms with E-state index >= 15 is 0 Å². The van der Waals surface area contributed by atoms with Crippen molar-refractivity contribution >= 4 is 37.0 Å². The molecule has 1 saturated heterocycles. The number of cyclic esters (lactones) is 4. The third-order valence-corrected chi connectivity index (χ3v) is 4.97. The molecule has 6 heteroatoms. The average Bonchev–Trinajstić information content (AvgIpc) is 3.24. The Morgan fingerprint density at radius 1 is 0.625 bits per heavy atom. The Bertz CT molecular complexity index is 1050. The van der Waals surface area contributed by atoms with Gasteiger partial charge in [0.15, 0.2) is 0 Å². The first kappa shape index (κ1) is 26.2. The second kappa shape index (κ2) is 11.6. The van der Waals surface area contributed by atoms with Gasteiger partial charge in [-0.2, -0.15) is 0 Å². The van der Waals surface area contributed by atoms with Gasteiger partial charge in [0.25, 0.3) is 0 Å². The van der Waals surface area contributed by atoms with Crippen molar-refractivity contribution < 1.29 is 28.7 Å². The lowest BCUT2D eigenvalue weighted by Crippen LogP contribution is -2.27. The molecule has 0 N–H and O–H groups in total. The van der Waals surface area contributed by atoms with Gasteiger partial charge in [-0.05, 0) is 34.4 Å². The molecule has 1 aliphatic carbocycles. The number of carbonyl (C=O) groups is 4. The molecular weight excluding hydrogens is 408 g/mol. The molecule has 0 aromatic heterocycles. The van der Waals surface area contributed by atoms with Crippen LogP contribution < -0.4 is 10.4 Å². The van der Waals surface area contributed by atoms with E-state index < -0.39 is 11.9 Å². The van der Waals surface area contributed by atoms with Gasteiger partial charge in [0.1, 0.15) is 0 Å². The highest BCUT2D eigenvalue weighted by Crippen LogP contribution is 2.35. The lowest BCUT2D eigenvalue weighted by Gasteiger charge is -2.22. The zero-order chi connectivity index (χ0) is 21.7. The molecule has 3 aliphatic rings. The third-order valence-electron chi connectivity index (χ3n) is 4.97. The van der Waals surface area contributed by atoms with E-state index in [1.807, 2.05) is 48.5 Å². The van der Waals surface area contributed by atoms with Crippen molar-refractivity contribution in [3.05, 3.63) is 82.2 Å². The van der Waals surface area contributed by atoms with Crippen LogP contribution in [0, 0.1) is 11.8 Å². The molecule has 32 heavy (non-hydrogen) atoms. The summed E-state index contributed by atoms with van der Waals surface area (Å²) in [6, 6.07) is 15.8. The van der Waals surface area contributed by atoms with Crippen LogP contribution in [0.5, 0.6) is 0 Å². The minimum atomic E-state index is -0.579. The molecule has 5 rings (SSSR count). The highest BCUT2D eigenvalue weighted by atomic mass is 16.6. The van der Waals surface area contributed by atoms with Crippen molar-refractivity contribution in [2.75, 3.05) is 0 Å². The number of hydrogen-bond acceptors (Lipinski definition) is 6. The predicted octanol–water partition coefficient (Wildman–Crippen LogP) is 2.51. The number of hydrogen-bond donors (Lipinski definition) is 0. The summed E-state index contributed by atoms with van der Waals surface area (Å²) in [5.41, 5.74) is 2.34. The maximum Gasteiger partial charge on any atom is 0.338 e. The SMILES string of the molecule is C.C.C=c1ccccc1=C.O=C1C=CC(=O)O1.O=C1OC(=O)C2Cc3ccccc3CC12. The molecule has 0 bridgehead atoms. The second-order valence-electron chi connectivity index (χ2n) is 6.97. The van der Waals surface area contributed by atoms with Gasteiger partial charge in [-0.3, -0.25) is 9.59 Å². The van der Waals surface area contributed by atoms with Crippen LogP contribution in [0.2, 0.25) is 0 Å². The summed E-state index contributed by atoms with van der Waals surface area (Å²) in [5, 5.41) is 2.01. The van der Waals surface area contributed by atoms with E-state index in [1.54, 1.807) is 0 Å². The Labute approximate surface area is 187 Å². The van der Waals surface area contributed by atoms with E-state index in [2.05, 4.69) is 22.6 Å². The molecule has 0 saturated carbocycles. The molecule has 0 spiro atoms. The van der Waals surface area contributed by atoms with Gasteiger partial charge < -0.3 is 9.47 Å². The maximum absolute atomic E-state index is 11.4. The van der Waals surface area contributed by atoms with Crippen molar-refractivity contribution in [3.63, 3.8) is 0 Å². The highest BCUT2D eigenvalue weighted by Gasteiger charge is 2.46. The number of ether oxygens (including phenoxy) is 2. The van der Waals surface area contributed by atoms with Crippen molar-refractivity contribution in [2.24, 2.45) is 11.8 Å². The van der Waals surface area contributed by atoms with Crippen LogP contribution in [0.3, 0.4) is 0 Å². The van der Waals surface area contributed by atoms with Crippen LogP contribution in [0.15, 0.2) is 60.7 Å². The Balaban J connectivity index is 0.000000258. The summed E-state index contributed by atoms with van der Waals surface area (Å²) in [4.78, 5) is 42.6. The minimum absolute atomic E-state index is 0. The van der Waals surface area contributed by atoms with E-state index in [0.717, 1.165) is 22.6 Å². The molecule has 0 amide bonds. The summed E-state index contributed by atoms with van der Waals surface area (Å²) in [6.45, 7) is 7.52. The zero-order valence-electron chi connectivity index (χ0n) is 16.2. The molecule has 168 valence electrons. The number of benzene rings is 2. The Hall–Kier alpha value is -3.80. The lowest BCUT2D eigenvalue weighted by molar-refractivity contribution is -0.154. The van der Waals surface area contributed by atoms with Gasteiger partial charge in [-0.15, -0.1) is 0 Å². The Kier molecular flexibility index (Phi) is 9.47. The van der Waals surface area contributed by atoms with Crippen molar-refractivity contribution in [3.8, 4) is 0 Å². The lowest BCUT2D eigenvalue weighted by atomic mass is 9.77.